The van der Waals surface area contributed by atoms with E-state index in [0.29, 0.717) is 23.1 Å². The van der Waals surface area contributed by atoms with Gasteiger partial charge in [-0.25, -0.2) is 9.78 Å². The molecule has 5 rings (SSSR count). The molecule has 4 aromatic heterocycles. The molecule has 2 atom stereocenters. The molecule has 4 heterocycles. The summed E-state index contributed by atoms with van der Waals surface area (Å²) in [7, 11) is 5.53. The Balaban J connectivity index is 1.53. The molecule has 8 nitrogen and oxygen atoms in total. The van der Waals surface area contributed by atoms with Crippen molar-refractivity contribution in [3.63, 3.8) is 0 Å². The van der Waals surface area contributed by atoms with Crippen LogP contribution >= 0.6 is 0 Å². The quantitative estimate of drug-likeness (QED) is 0.557. The summed E-state index contributed by atoms with van der Waals surface area (Å²) >= 11 is 0. The normalized spacial score (nSPS) is 19.1. The lowest BCUT2D eigenvalue weighted by Crippen LogP contribution is -2.09. The molecule has 8 heteroatoms. The van der Waals surface area contributed by atoms with Gasteiger partial charge < -0.3 is 4.42 Å². The van der Waals surface area contributed by atoms with Gasteiger partial charge in [-0.2, -0.15) is 10.2 Å². The van der Waals surface area contributed by atoms with Crippen molar-refractivity contribution < 1.29 is 4.42 Å². The SMILES string of the molecule is Cc1cc(-c2cc([C@@H]3C[C@H]3c3cnn(C)c3)nn2C)nc2c1oc(=O)n2C. The highest BCUT2D eigenvalue weighted by Gasteiger charge is 2.42. The van der Waals surface area contributed by atoms with E-state index in [2.05, 4.69) is 22.3 Å². The van der Waals surface area contributed by atoms with Gasteiger partial charge in [-0.05, 0) is 42.5 Å². The molecule has 1 saturated carbocycles. The zero-order valence-corrected chi connectivity index (χ0v) is 15.7. The lowest BCUT2D eigenvalue weighted by atomic mass is 10.1. The Hall–Kier alpha value is -3.16. The third-order valence-electron chi connectivity index (χ3n) is 5.41. The second kappa shape index (κ2) is 5.42. The number of aryl methyl sites for hydroxylation is 4. The van der Waals surface area contributed by atoms with Gasteiger partial charge >= 0.3 is 5.76 Å². The van der Waals surface area contributed by atoms with Crippen molar-refractivity contribution in [3.8, 4) is 11.4 Å². The fourth-order valence-corrected chi connectivity index (χ4v) is 3.80. The van der Waals surface area contributed by atoms with Crippen LogP contribution in [0.3, 0.4) is 0 Å². The third kappa shape index (κ3) is 2.43. The zero-order valence-electron chi connectivity index (χ0n) is 15.7. The van der Waals surface area contributed by atoms with Gasteiger partial charge in [0.2, 0.25) is 0 Å². The first-order valence-electron chi connectivity index (χ1n) is 8.92. The van der Waals surface area contributed by atoms with Crippen LogP contribution < -0.4 is 5.76 Å². The molecule has 0 aliphatic heterocycles. The van der Waals surface area contributed by atoms with Crippen LogP contribution in [0.2, 0.25) is 0 Å². The van der Waals surface area contributed by atoms with Crippen molar-refractivity contribution in [2.75, 3.05) is 0 Å². The van der Waals surface area contributed by atoms with Gasteiger partial charge in [0.1, 0.15) is 0 Å². The van der Waals surface area contributed by atoms with E-state index in [9.17, 15) is 4.79 Å². The molecule has 0 radical (unpaired) electrons. The first kappa shape index (κ1) is 16.0. The summed E-state index contributed by atoms with van der Waals surface area (Å²) in [6.07, 6.45) is 5.10. The van der Waals surface area contributed by atoms with Gasteiger partial charge in [0.25, 0.3) is 0 Å². The molecule has 138 valence electrons. The predicted molar refractivity (Wildman–Crippen MR) is 99.5 cm³/mol. The minimum atomic E-state index is -0.402. The summed E-state index contributed by atoms with van der Waals surface area (Å²) in [4.78, 5) is 16.5. The highest BCUT2D eigenvalue weighted by molar-refractivity contribution is 5.76. The Bertz CT molecular complexity index is 1240. The fourth-order valence-electron chi connectivity index (χ4n) is 3.80. The molecule has 0 bridgehead atoms. The minimum Gasteiger partial charge on any atom is -0.406 e. The van der Waals surface area contributed by atoms with E-state index in [-0.39, 0.29) is 0 Å². The second-order valence-electron chi connectivity index (χ2n) is 7.38. The van der Waals surface area contributed by atoms with Crippen LogP contribution in [0.15, 0.2) is 33.7 Å². The molecule has 0 N–H and O–H groups in total. The number of hydrogen-bond donors (Lipinski definition) is 0. The molecule has 27 heavy (non-hydrogen) atoms. The van der Waals surface area contributed by atoms with Crippen LogP contribution in [-0.4, -0.2) is 29.1 Å². The van der Waals surface area contributed by atoms with E-state index in [1.807, 2.05) is 42.6 Å². The molecular weight excluding hydrogens is 344 g/mol. The van der Waals surface area contributed by atoms with Gasteiger partial charge in [0, 0.05) is 33.3 Å². The average Bonchev–Trinajstić information content (AvgIpc) is 3.01. The van der Waals surface area contributed by atoms with Crippen molar-refractivity contribution in [1.29, 1.82) is 0 Å². The molecule has 0 unspecified atom stereocenters. The van der Waals surface area contributed by atoms with Gasteiger partial charge in [-0.3, -0.25) is 13.9 Å². The van der Waals surface area contributed by atoms with Crippen molar-refractivity contribution >= 4 is 11.2 Å². The monoisotopic (exact) mass is 364 g/mol. The minimum absolute atomic E-state index is 0.402. The van der Waals surface area contributed by atoms with Crippen LogP contribution in [0.4, 0.5) is 0 Å². The summed E-state index contributed by atoms with van der Waals surface area (Å²) in [5, 5.41) is 9.00. The highest BCUT2D eigenvalue weighted by atomic mass is 16.4. The van der Waals surface area contributed by atoms with E-state index >= 15 is 0 Å². The standard InChI is InChI=1S/C19H20N6O2/c1-10-5-15(21-18-17(10)27-19(26)24(18)3)16-7-14(22-25(16)4)13-6-12(13)11-8-20-23(2)9-11/h5,7-9,12-13H,6H2,1-4H3/t12-,13+/m0/s1. The summed E-state index contributed by atoms with van der Waals surface area (Å²) < 4.78 is 10.4. The smallest absolute Gasteiger partial charge is 0.406 e. The zero-order chi connectivity index (χ0) is 18.9. The number of aromatic nitrogens is 6. The Morgan fingerprint density at radius 3 is 2.74 bits per heavy atom. The maximum atomic E-state index is 11.8. The third-order valence-corrected chi connectivity index (χ3v) is 5.41. The summed E-state index contributed by atoms with van der Waals surface area (Å²) in [6, 6.07) is 4.05. The number of nitrogens with zero attached hydrogens (tertiary/aromatic N) is 6. The maximum Gasteiger partial charge on any atom is 0.420 e. The van der Waals surface area contributed by atoms with E-state index in [1.54, 1.807) is 7.05 Å². The number of rotatable bonds is 3. The topological polar surface area (TPSA) is 83.7 Å². The summed E-state index contributed by atoms with van der Waals surface area (Å²) in [6.45, 7) is 1.92. The number of oxazole rings is 1. The molecule has 1 aliphatic carbocycles. The highest BCUT2D eigenvalue weighted by Crippen LogP contribution is 2.54. The maximum absolute atomic E-state index is 11.8. The Morgan fingerprint density at radius 1 is 1.19 bits per heavy atom. The Kier molecular flexibility index (Phi) is 3.22. The van der Waals surface area contributed by atoms with E-state index < -0.39 is 5.76 Å². The number of pyridine rings is 1. The van der Waals surface area contributed by atoms with Crippen molar-refractivity contribution in [1.82, 2.24) is 29.1 Å². The van der Waals surface area contributed by atoms with Gasteiger partial charge in [-0.15, -0.1) is 0 Å². The Morgan fingerprint density at radius 2 is 2.00 bits per heavy atom. The second-order valence-corrected chi connectivity index (χ2v) is 7.38. The average molecular weight is 364 g/mol. The predicted octanol–water partition coefficient (Wildman–Crippen LogP) is 2.24. The molecule has 1 fully saturated rings. The van der Waals surface area contributed by atoms with Crippen molar-refractivity contribution in [3.05, 3.63) is 51.9 Å². The molecule has 0 saturated heterocycles. The van der Waals surface area contributed by atoms with Gasteiger partial charge in [-0.1, -0.05) is 0 Å². The lowest BCUT2D eigenvalue weighted by Gasteiger charge is -2.03. The van der Waals surface area contributed by atoms with E-state index in [1.165, 1.54) is 10.1 Å². The van der Waals surface area contributed by atoms with Crippen LogP contribution in [-0.2, 0) is 21.1 Å². The van der Waals surface area contributed by atoms with E-state index in [4.69, 9.17) is 9.52 Å². The van der Waals surface area contributed by atoms with Crippen LogP contribution in [0.25, 0.3) is 22.6 Å². The fraction of sp³-hybridized carbons (Fsp3) is 0.368. The number of hydrogen-bond acceptors (Lipinski definition) is 5. The summed E-state index contributed by atoms with van der Waals surface area (Å²) in [5.41, 5.74) is 6.03. The van der Waals surface area contributed by atoms with Crippen LogP contribution in [0.5, 0.6) is 0 Å². The van der Waals surface area contributed by atoms with E-state index in [0.717, 1.165) is 29.1 Å². The Labute approximate surface area is 155 Å². The van der Waals surface area contributed by atoms with Crippen LogP contribution in [0.1, 0.15) is 35.1 Å². The first-order chi connectivity index (χ1) is 12.9. The lowest BCUT2D eigenvalue weighted by molar-refractivity contribution is 0.526. The first-order valence-corrected chi connectivity index (χ1v) is 8.92. The largest absolute Gasteiger partial charge is 0.420 e. The molecular formula is C19H20N6O2. The summed E-state index contributed by atoms with van der Waals surface area (Å²) in [5.74, 6) is 0.492. The molecule has 1 aliphatic rings. The molecule has 0 aromatic carbocycles. The van der Waals surface area contributed by atoms with Crippen molar-refractivity contribution in [2.45, 2.75) is 25.2 Å². The molecule has 0 spiro atoms. The molecule has 0 amide bonds. The van der Waals surface area contributed by atoms with Crippen LogP contribution in [0, 0.1) is 6.92 Å². The van der Waals surface area contributed by atoms with Gasteiger partial charge in [0.15, 0.2) is 11.2 Å². The number of fused-ring (bicyclic) bond motifs is 1. The molecule has 4 aromatic rings. The van der Waals surface area contributed by atoms with Gasteiger partial charge in [0.05, 0.1) is 23.3 Å². The van der Waals surface area contributed by atoms with Crippen molar-refractivity contribution in [2.24, 2.45) is 21.1 Å².